The lowest BCUT2D eigenvalue weighted by Gasteiger charge is -2.12. The summed E-state index contributed by atoms with van der Waals surface area (Å²) < 4.78 is 5.55. The molecule has 4 heteroatoms. The minimum atomic E-state index is -0.377. The van der Waals surface area contributed by atoms with E-state index < -0.39 is 0 Å². The van der Waals surface area contributed by atoms with Crippen LogP contribution in [0.2, 0.25) is 5.02 Å². The summed E-state index contributed by atoms with van der Waals surface area (Å²) in [6.45, 7) is 2.93. The average Bonchev–Trinajstić information content (AvgIpc) is 2.22. The molecule has 0 amide bonds. The number of ether oxygens (including phenoxy) is 1. The Bertz CT molecular complexity index is 331. The molecule has 1 aromatic carbocycles. The van der Waals surface area contributed by atoms with E-state index in [0.29, 0.717) is 31.0 Å². The molecule has 0 fully saturated rings. The standard InChI is InChI=1S/C12H18ClNO2/c1-9-8-10(13)2-3-12(9)16-7-5-11(15)4-6-14/h2-3,8,11,15H,4-7,14H2,1H3. The quantitative estimate of drug-likeness (QED) is 0.805. The molecule has 16 heavy (non-hydrogen) atoms. The van der Waals surface area contributed by atoms with Crippen molar-refractivity contribution < 1.29 is 9.84 Å². The second-order valence-electron chi connectivity index (χ2n) is 3.78. The van der Waals surface area contributed by atoms with Crippen molar-refractivity contribution in [3.05, 3.63) is 28.8 Å². The van der Waals surface area contributed by atoms with Gasteiger partial charge in [-0.3, -0.25) is 0 Å². The van der Waals surface area contributed by atoms with Gasteiger partial charge in [0.1, 0.15) is 5.75 Å². The lowest BCUT2D eigenvalue weighted by molar-refractivity contribution is 0.133. The second-order valence-corrected chi connectivity index (χ2v) is 4.21. The van der Waals surface area contributed by atoms with Crippen molar-refractivity contribution in [1.29, 1.82) is 0 Å². The number of halogens is 1. The molecule has 0 aliphatic rings. The van der Waals surface area contributed by atoms with Crippen molar-refractivity contribution in [3.8, 4) is 5.75 Å². The van der Waals surface area contributed by atoms with Crippen LogP contribution < -0.4 is 10.5 Å². The molecule has 0 aliphatic carbocycles. The fourth-order valence-electron chi connectivity index (χ4n) is 1.42. The monoisotopic (exact) mass is 243 g/mol. The predicted octanol–water partition coefficient (Wildman–Crippen LogP) is 2.13. The van der Waals surface area contributed by atoms with Crippen LogP contribution in [0.4, 0.5) is 0 Å². The summed E-state index contributed by atoms with van der Waals surface area (Å²) in [6, 6.07) is 5.49. The topological polar surface area (TPSA) is 55.5 Å². The largest absolute Gasteiger partial charge is 0.493 e. The van der Waals surface area contributed by atoms with E-state index >= 15 is 0 Å². The predicted molar refractivity (Wildman–Crippen MR) is 66.0 cm³/mol. The van der Waals surface area contributed by atoms with Crippen LogP contribution in [0.15, 0.2) is 18.2 Å². The van der Waals surface area contributed by atoms with E-state index in [-0.39, 0.29) is 6.10 Å². The van der Waals surface area contributed by atoms with Crippen molar-refractivity contribution in [1.82, 2.24) is 0 Å². The van der Waals surface area contributed by atoms with E-state index in [1.165, 1.54) is 0 Å². The number of aliphatic hydroxyl groups excluding tert-OH is 1. The summed E-state index contributed by atoms with van der Waals surface area (Å²) in [7, 11) is 0. The summed E-state index contributed by atoms with van der Waals surface area (Å²) in [4.78, 5) is 0. The molecule has 90 valence electrons. The van der Waals surface area contributed by atoms with Gasteiger partial charge in [-0.15, -0.1) is 0 Å². The Morgan fingerprint density at radius 2 is 2.19 bits per heavy atom. The minimum Gasteiger partial charge on any atom is -0.493 e. The Kier molecular flexibility index (Phi) is 5.60. The van der Waals surface area contributed by atoms with Crippen LogP contribution in [0.25, 0.3) is 0 Å². The highest BCUT2D eigenvalue weighted by Gasteiger charge is 2.04. The number of hydrogen-bond donors (Lipinski definition) is 2. The number of hydrogen-bond acceptors (Lipinski definition) is 3. The fraction of sp³-hybridized carbons (Fsp3) is 0.500. The lowest BCUT2D eigenvalue weighted by atomic mass is 10.2. The molecule has 0 aliphatic heterocycles. The van der Waals surface area contributed by atoms with Crippen LogP contribution in [0.1, 0.15) is 18.4 Å². The number of benzene rings is 1. The van der Waals surface area contributed by atoms with E-state index in [1.54, 1.807) is 6.07 Å². The van der Waals surface area contributed by atoms with Gasteiger partial charge in [-0.05, 0) is 43.7 Å². The van der Waals surface area contributed by atoms with Gasteiger partial charge in [0.05, 0.1) is 12.7 Å². The highest BCUT2D eigenvalue weighted by atomic mass is 35.5. The van der Waals surface area contributed by atoms with E-state index in [1.807, 2.05) is 19.1 Å². The molecule has 1 unspecified atom stereocenters. The first-order valence-electron chi connectivity index (χ1n) is 5.40. The van der Waals surface area contributed by atoms with Gasteiger partial charge in [-0.1, -0.05) is 11.6 Å². The zero-order valence-corrected chi connectivity index (χ0v) is 10.2. The first-order valence-corrected chi connectivity index (χ1v) is 5.78. The molecule has 0 saturated heterocycles. The van der Waals surface area contributed by atoms with Crippen LogP contribution in [-0.4, -0.2) is 24.4 Å². The summed E-state index contributed by atoms with van der Waals surface area (Å²) in [5, 5.41) is 10.2. The minimum absolute atomic E-state index is 0.377. The molecule has 1 atom stereocenters. The first kappa shape index (κ1) is 13.3. The number of rotatable bonds is 6. The Morgan fingerprint density at radius 1 is 1.44 bits per heavy atom. The first-order chi connectivity index (χ1) is 7.63. The Morgan fingerprint density at radius 3 is 2.81 bits per heavy atom. The number of aryl methyl sites for hydroxylation is 1. The maximum atomic E-state index is 9.46. The van der Waals surface area contributed by atoms with Crippen molar-refractivity contribution >= 4 is 11.6 Å². The number of nitrogens with two attached hydrogens (primary N) is 1. The molecule has 0 radical (unpaired) electrons. The molecule has 3 N–H and O–H groups in total. The van der Waals surface area contributed by atoms with Gasteiger partial charge < -0.3 is 15.6 Å². The van der Waals surface area contributed by atoms with Crippen LogP contribution in [0.3, 0.4) is 0 Å². The molecule has 1 rings (SSSR count). The molecule has 0 heterocycles. The van der Waals surface area contributed by atoms with Crippen molar-refractivity contribution in [2.45, 2.75) is 25.9 Å². The fourth-order valence-corrected chi connectivity index (χ4v) is 1.64. The maximum absolute atomic E-state index is 9.46. The van der Waals surface area contributed by atoms with E-state index in [2.05, 4.69) is 0 Å². The van der Waals surface area contributed by atoms with E-state index in [0.717, 1.165) is 11.3 Å². The normalized spacial score (nSPS) is 12.5. The van der Waals surface area contributed by atoms with Crippen molar-refractivity contribution in [2.24, 2.45) is 5.73 Å². The molecule has 0 bridgehead atoms. The van der Waals surface area contributed by atoms with Gasteiger partial charge in [0.15, 0.2) is 0 Å². The molecule has 0 aromatic heterocycles. The highest BCUT2D eigenvalue weighted by molar-refractivity contribution is 6.30. The molecule has 1 aromatic rings. The van der Waals surface area contributed by atoms with Crippen LogP contribution >= 0.6 is 11.6 Å². The van der Waals surface area contributed by atoms with Crippen LogP contribution in [0.5, 0.6) is 5.75 Å². The Hall–Kier alpha value is -0.770. The Labute approximate surface area is 101 Å². The third kappa shape index (κ3) is 4.39. The highest BCUT2D eigenvalue weighted by Crippen LogP contribution is 2.21. The molecular weight excluding hydrogens is 226 g/mol. The van der Waals surface area contributed by atoms with Gasteiger partial charge >= 0.3 is 0 Å². The Balaban J connectivity index is 2.37. The summed E-state index contributed by atoms with van der Waals surface area (Å²) in [5.74, 6) is 0.810. The van der Waals surface area contributed by atoms with Gasteiger partial charge in [-0.25, -0.2) is 0 Å². The van der Waals surface area contributed by atoms with Gasteiger partial charge in [0.2, 0.25) is 0 Å². The van der Waals surface area contributed by atoms with Gasteiger partial charge in [-0.2, -0.15) is 0 Å². The van der Waals surface area contributed by atoms with Gasteiger partial charge in [0.25, 0.3) is 0 Å². The van der Waals surface area contributed by atoms with Crippen LogP contribution in [0, 0.1) is 6.92 Å². The maximum Gasteiger partial charge on any atom is 0.122 e. The summed E-state index contributed by atoms with van der Waals surface area (Å²) in [5.41, 5.74) is 6.34. The molecular formula is C12H18ClNO2. The molecule has 3 nitrogen and oxygen atoms in total. The van der Waals surface area contributed by atoms with Crippen molar-refractivity contribution in [2.75, 3.05) is 13.2 Å². The van der Waals surface area contributed by atoms with Crippen molar-refractivity contribution in [3.63, 3.8) is 0 Å². The SMILES string of the molecule is Cc1cc(Cl)ccc1OCCC(O)CCN. The third-order valence-corrected chi connectivity index (χ3v) is 2.58. The number of aliphatic hydroxyl groups is 1. The average molecular weight is 244 g/mol. The lowest BCUT2D eigenvalue weighted by Crippen LogP contribution is -2.16. The van der Waals surface area contributed by atoms with Gasteiger partial charge in [0, 0.05) is 11.4 Å². The zero-order valence-electron chi connectivity index (χ0n) is 9.45. The van der Waals surface area contributed by atoms with E-state index in [4.69, 9.17) is 22.1 Å². The van der Waals surface area contributed by atoms with E-state index in [9.17, 15) is 5.11 Å². The molecule has 0 spiro atoms. The summed E-state index contributed by atoms with van der Waals surface area (Å²) in [6.07, 6.45) is 0.833. The third-order valence-electron chi connectivity index (χ3n) is 2.35. The smallest absolute Gasteiger partial charge is 0.122 e. The zero-order chi connectivity index (χ0) is 12.0. The van der Waals surface area contributed by atoms with Crippen LogP contribution in [-0.2, 0) is 0 Å². The summed E-state index contributed by atoms with van der Waals surface area (Å²) >= 11 is 5.83. The second kappa shape index (κ2) is 6.74. The molecule has 0 saturated carbocycles.